The third-order valence-electron chi connectivity index (χ3n) is 7.13. The number of unbranched alkanes of at least 4 members (excludes halogenated alkanes) is 2. The molecule has 0 unspecified atom stereocenters. The molecule has 5 aromatic rings. The number of alkyl halides is 2. The second kappa shape index (κ2) is 13.2. The number of aromatic nitrogens is 2. The Balaban J connectivity index is 1.36. The molecule has 0 aliphatic carbocycles. The maximum Gasteiger partial charge on any atom is 0.432 e. The van der Waals surface area contributed by atoms with Gasteiger partial charge >= 0.3 is 6.11 Å². The third kappa shape index (κ3) is 6.85. The van der Waals surface area contributed by atoms with Gasteiger partial charge < -0.3 is 4.74 Å². The van der Waals surface area contributed by atoms with E-state index in [-0.39, 0.29) is 22.5 Å². The van der Waals surface area contributed by atoms with Crippen molar-refractivity contribution in [3.8, 4) is 39.4 Å². The Morgan fingerprint density at radius 3 is 1.67 bits per heavy atom. The van der Waals surface area contributed by atoms with Gasteiger partial charge in [0.15, 0.2) is 23.3 Å². The van der Waals surface area contributed by atoms with Crippen LogP contribution in [0.15, 0.2) is 73.1 Å². The first kappa shape index (κ1) is 32.5. The lowest BCUT2D eigenvalue weighted by Gasteiger charge is -2.20. The SMILES string of the molecule is CCCCCc1cnc(-c2ccc(-c3cc(F)c(C(F)(F)Oc4ccc(-c5cc(F)c(F)c(F)c5)c(F)c4)c(F)c3)c(F)c2)nc1. The minimum atomic E-state index is -4.68. The molecule has 0 aliphatic heterocycles. The Morgan fingerprint density at radius 1 is 0.609 bits per heavy atom. The maximum absolute atomic E-state index is 15.1. The molecule has 3 nitrogen and oxygen atoms in total. The summed E-state index contributed by atoms with van der Waals surface area (Å²) in [7, 11) is 0. The van der Waals surface area contributed by atoms with Crippen molar-refractivity contribution in [2.75, 3.05) is 0 Å². The van der Waals surface area contributed by atoms with Crippen LogP contribution in [0.3, 0.4) is 0 Å². The molecule has 0 fully saturated rings. The molecule has 0 N–H and O–H groups in total. The molecule has 0 bridgehead atoms. The van der Waals surface area contributed by atoms with Crippen molar-refractivity contribution in [3.05, 3.63) is 125 Å². The normalized spacial score (nSPS) is 11.6. The first-order valence-electron chi connectivity index (χ1n) is 14.0. The van der Waals surface area contributed by atoms with Gasteiger partial charge in [-0.1, -0.05) is 31.9 Å². The molecule has 12 heteroatoms. The fourth-order valence-corrected chi connectivity index (χ4v) is 4.81. The second-order valence-electron chi connectivity index (χ2n) is 10.4. The monoisotopic (exact) mass is 646 g/mol. The largest absolute Gasteiger partial charge is 0.432 e. The summed E-state index contributed by atoms with van der Waals surface area (Å²) >= 11 is 0. The zero-order chi connectivity index (χ0) is 33.2. The van der Waals surface area contributed by atoms with Crippen LogP contribution >= 0.6 is 0 Å². The van der Waals surface area contributed by atoms with E-state index in [4.69, 9.17) is 0 Å². The molecular weight excluding hydrogens is 623 g/mol. The zero-order valence-electron chi connectivity index (χ0n) is 24.0. The van der Waals surface area contributed by atoms with Gasteiger partial charge in [-0.2, -0.15) is 8.78 Å². The van der Waals surface area contributed by atoms with Gasteiger partial charge in [-0.25, -0.2) is 40.7 Å². The van der Waals surface area contributed by atoms with Gasteiger partial charge in [0.1, 0.15) is 34.6 Å². The highest BCUT2D eigenvalue weighted by atomic mass is 19.3. The number of halogens is 9. The lowest BCUT2D eigenvalue weighted by Crippen LogP contribution is -2.25. The fraction of sp³-hybridized carbons (Fsp3) is 0.176. The number of benzene rings is 4. The van der Waals surface area contributed by atoms with E-state index in [0.29, 0.717) is 30.3 Å². The standard InChI is InChI=1S/C34H23F9N2O/c1-2-3-4-5-18-16-44-33(45-17-18)19-6-8-23(25(35)10-19)20-11-27(37)31(28(38)12-20)34(42,43)46-22-7-9-24(26(36)15-22)21-13-29(39)32(41)30(40)14-21/h6-17H,2-5H2,1H3. The van der Waals surface area contributed by atoms with Crippen LogP contribution < -0.4 is 4.74 Å². The summed E-state index contributed by atoms with van der Waals surface area (Å²) in [6.07, 6.45) is 2.47. The van der Waals surface area contributed by atoms with E-state index in [9.17, 15) is 35.1 Å². The van der Waals surface area contributed by atoms with Crippen molar-refractivity contribution in [3.63, 3.8) is 0 Å². The summed E-state index contributed by atoms with van der Waals surface area (Å²) in [6, 6.07) is 7.62. The number of hydrogen-bond donors (Lipinski definition) is 0. The van der Waals surface area contributed by atoms with Gasteiger partial charge in [-0.05, 0) is 72.0 Å². The first-order valence-corrected chi connectivity index (χ1v) is 14.0. The minimum Gasteiger partial charge on any atom is -0.429 e. The first-order chi connectivity index (χ1) is 21.9. The van der Waals surface area contributed by atoms with Crippen LogP contribution in [0.2, 0.25) is 0 Å². The molecule has 1 heterocycles. The fourth-order valence-electron chi connectivity index (χ4n) is 4.81. The van der Waals surface area contributed by atoms with Crippen molar-refractivity contribution in [1.29, 1.82) is 0 Å². The van der Waals surface area contributed by atoms with E-state index in [0.717, 1.165) is 49.4 Å². The highest BCUT2D eigenvalue weighted by molar-refractivity contribution is 5.69. The van der Waals surface area contributed by atoms with Crippen molar-refractivity contribution in [2.24, 2.45) is 0 Å². The zero-order valence-corrected chi connectivity index (χ0v) is 24.0. The van der Waals surface area contributed by atoms with Gasteiger partial charge in [-0.3, -0.25) is 0 Å². The summed E-state index contributed by atoms with van der Waals surface area (Å²) < 4.78 is 134. The highest BCUT2D eigenvalue weighted by Gasteiger charge is 2.41. The van der Waals surface area contributed by atoms with Gasteiger partial charge in [0, 0.05) is 35.2 Å². The van der Waals surface area contributed by atoms with Crippen LogP contribution in [-0.4, -0.2) is 9.97 Å². The van der Waals surface area contributed by atoms with Gasteiger partial charge in [0.05, 0.1) is 0 Å². The number of rotatable bonds is 10. The molecule has 0 aliphatic rings. The molecule has 0 radical (unpaired) electrons. The van der Waals surface area contributed by atoms with E-state index in [1.165, 1.54) is 12.1 Å². The number of aryl methyl sites for hydroxylation is 1. The lowest BCUT2D eigenvalue weighted by atomic mass is 10.00. The molecule has 0 saturated heterocycles. The van der Waals surface area contributed by atoms with Crippen LogP contribution in [0.5, 0.6) is 5.75 Å². The van der Waals surface area contributed by atoms with Crippen LogP contribution in [0, 0.1) is 40.7 Å². The Hall–Kier alpha value is -4.87. The number of nitrogens with zero attached hydrogens (tertiary/aromatic N) is 2. The second-order valence-corrected chi connectivity index (χ2v) is 10.4. The van der Waals surface area contributed by atoms with E-state index < -0.39 is 69.3 Å². The molecule has 0 amide bonds. The highest BCUT2D eigenvalue weighted by Crippen LogP contribution is 2.39. The molecule has 4 aromatic carbocycles. The molecule has 0 atom stereocenters. The van der Waals surface area contributed by atoms with E-state index in [1.54, 1.807) is 12.4 Å². The van der Waals surface area contributed by atoms with E-state index in [1.807, 2.05) is 0 Å². The quantitative estimate of drug-likeness (QED) is 0.0861. The average Bonchev–Trinajstić information content (AvgIpc) is 2.99. The van der Waals surface area contributed by atoms with Crippen LogP contribution in [0.25, 0.3) is 33.6 Å². The molecule has 238 valence electrons. The van der Waals surface area contributed by atoms with Crippen molar-refractivity contribution in [1.82, 2.24) is 9.97 Å². The van der Waals surface area contributed by atoms with Crippen molar-refractivity contribution < 1.29 is 44.3 Å². The number of ether oxygens (including phenoxy) is 1. The topological polar surface area (TPSA) is 35.0 Å². The Kier molecular flexibility index (Phi) is 9.36. The van der Waals surface area contributed by atoms with Crippen LogP contribution in [0.1, 0.15) is 37.3 Å². The van der Waals surface area contributed by atoms with E-state index in [2.05, 4.69) is 21.6 Å². The van der Waals surface area contributed by atoms with Crippen molar-refractivity contribution in [2.45, 2.75) is 38.7 Å². The smallest absolute Gasteiger partial charge is 0.429 e. The summed E-state index contributed by atoms with van der Waals surface area (Å²) in [6.45, 7) is 2.08. The van der Waals surface area contributed by atoms with Gasteiger partial charge in [0.2, 0.25) is 0 Å². The molecular formula is C34H23F9N2O. The Labute approximate surface area is 257 Å². The predicted molar refractivity (Wildman–Crippen MR) is 152 cm³/mol. The molecule has 46 heavy (non-hydrogen) atoms. The van der Waals surface area contributed by atoms with E-state index >= 15 is 4.39 Å². The summed E-state index contributed by atoms with van der Waals surface area (Å²) in [4.78, 5) is 8.49. The predicted octanol–water partition coefficient (Wildman–Crippen LogP) is 10.3. The Morgan fingerprint density at radius 2 is 1.13 bits per heavy atom. The molecule has 5 rings (SSSR count). The number of hydrogen-bond acceptors (Lipinski definition) is 3. The summed E-state index contributed by atoms with van der Waals surface area (Å²) in [5, 5.41) is 0. The van der Waals surface area contributed by atoms with Crippen LogP contribution in [-0.2, 0) is 12.5 Å². The average molecular weight is 647 g/mol. The Bertz CT molecular complexity index is 1850. The molecule has 0 spiro atoms. The van der Waals surface area contributed by atoms with Gasteiger partial charge in [-0.15, -0.1) is 0 Å². The van der Waals surface area contributed by atoms with Crippen LogP contribution in [0.4, 0.5) is 39.5 Å². The summed E-state index contributed by atoms with van der Waals surface area (Å²) in [5.74, 6) is -11.5. The molecule has 1 aromatic heterocycles. The maximum atomic E-state index is 15.1. The van der Waals surface area contributed by atoms with Gasteiger partial charge in [0.25, 0.3) is 0 Å². The summed E-state index contributed by atoms with van der Waals surface area (Å²) in [5.41, 5.74) is -2.24. The minimum absolute atomic E-state index is 0.218. The molecule has 0 saturated carbocycles. The lowest BCUT2D eigenvalue weighted by molar-refractivity contribution is -0.189. The third-order valence-corrected chi connectivity index (χ3v) is 7.13. The van der Waals surface area contributed by atoms with Crippen molar-refractivity contribution >= 4 is 0 Å².